The van der Waals surface area contributed by atoms with Gasteiger partial charge in [0.15, 0.2) is 0 Å². The van der Waals surface area contributed by atoms with Crippen molar-refractivity contribution in [1.82, 2.24) is 9.97 Å². The van der Waals surface area contributed by atoms with Crippen molar-refractivity contribution < 1.29 is 0 Å². The normalized spacial score (nSPS) is 11.7. The van der Waals surface area contributed by atoms with Crippen molar-refractivity contribution >= 4 is 21.8 Å². The van der Waals surface area contributed by atoms with Gasteiger partial charge in [0.05, 0.1) is 0 Å². The molecule has 0 fully saturated rings. The number of nitrogens with one attached hydrogen (secondary N) is 2. The van der Waals surface area contributed by atoms with Crippen molar-refractivity contribution in [3.8, 4) is 0 Å². The fourth-order valence-corrected chi connectivity index (χ4v) is 3.07. The third-order valence-corrected chi connectivity index (χ3v) is 4.18. The lowest BCUT2D eigenvalue weighted by atomic mass is 9.92. The van der Waals surface area contributed by atoms with Gasteiger partial charge in [0, 0.05) is 40.1 Å². The van der Waals surface area contributed by atoms with Crippen LogP contribution >= 0.6 is 0 Å². The number of fused-ring (bicyclic) bond motifs is 2. The Labute approximate surface area is 117 Å². The molecule has 2 heteroatoms. The highest BCUT2D eigenvalue weighted by molar-refractivity contribution is 5.87. The van der Waals surface area contributed by atoms with E-state index in [1.165, 1.54) is 32.9 Å². The van der Waals surface area contributed by atoms with Crippen LogP contribution in [-0.4, -0.2) is 9.97 Å². The second kappa shape index (κ2) is 4.27. The van der Waals surface area contributed by atoms with E-state index in [1.54, 1.807) is 0 Å². The number of hydrogen-bond donors (Lipinski definition) is 2. The zero-order valence-corrected chi connectivity index (χ0v) is 11.4. The van der Waals surface area contributed by atoms with Gasteiger partial charge in [0.1, 0.15) is 0 Å². The predicted octanol–water partition coefficient (Wildman–Crippen LogP) is 4.80. The molecule has 0 aliphatic heterocycles. The van der Waals surface area contributed by atoms with Crippen molar-refractivity contribution in [2.24, 2.45) is 0 Å². The number of aromatic nitrogens is 2. The van der Waals surface area contributed by atoms with E-state index in [2.05, 4.69) is 77.8 Å². The van der Waals surface area contributed by atoms with Gasteiger partial charge in [0.25, 0.3) is 0 Å². The number of rotatable bonds is 2. The molecule has 0 saturated heterocycles. The molecule has 2 nitrogen and oxygen atoms in total. The zero-order valence-electron chi connectivity index (χ0n) is 11.4. The summed E-state index contributed by atoms with van der Waals surface area (Å²) in [6.07, 6.45) is 4.27. The molecule has 0 aliphatic carbocycles. The molecule has 0 amide bonds. The molecular weight excluding hydrogens is 244 g/mol. The largest absolute Gasteiger partial charge is 0.361 e. The van der Waals surface area contributed by atoms with Crippen molar-refractivity contribution in [2.45, 2.75) is 12.8 Å². The molecule has 2 N–H and O–H groups in total. The number of H-pyrrole nitrogens is 2. The van der Waals surface area contributed by atoms with Gasteiger partial charge in [-0.3, -0.25) is 0 Å². The van der Waals surface area contributed by atoms with Gasteiger partial charge in [-0.05, 0) is 23.3 Å². The van der Waals surface area contributed by atoms with Crippen LogP contribution in [0.25, 0.3) is 21.8 Å². The molecule has 98 valence electrons. The minimum Gasteiger partial charge on any atom is -0.361 e. The summed E-state index contributed by atoms with van der Waals surface area (Å²) in [5.41, 5.74) is 5.11. The van der Waals surface area contributed by atoms with Crippen LogP contribution in [0.15, 0.2) is 60.9 Å². The van der Waals surface area contributed by atoms with Crippen LogP contribution < -0.4 is 0 Å². The summed E-state index contributed by atoms with van der Waals surface area (Å²) in [5, 5.41) is 2.62. The third kappa shape index (κ3) is 1.58. The first kappa shape index (κ1) is 11.4. The Morgan fingerprint density at radius 3 is 1.65 bits per heavy atom. The van der Waals surface area contributed by atoms with Crippen LogP contribution in [0.3, 0.4) is 0 Å². The van der Waals surface area contributed by atoms with Crippen LogP contribution in [0.2, 0.25) is 0 Å². The van der Waals surface area contributed by atoms with Crippen molar-refractivity contribution in [3.63, 3.8) is 0 Å². The minimum atomic E-state index is 0.363. The van der Waals surface area contributed by atoms with Gasteiger partial charge in [-0.1, -0.05) is 43.3 Å². The molecule has 0 spiro atoms. The van der Waals surface area contributed by atoms with E-state index >= 15 is 0 Å². The Bertz CT molecular complexity index is 808. The second-order valence-electron chi connectivity index (χ2n) is 5.30. The maximum Gasteiger partial charge on any atom is 0.0457 e. The molecule has 2 heterocycles. The Balaban J connectivity index is 1.90. The van der Waals surface area contributed by atoms with Crippen LogP contribution in [0, 0.1) is 0 Å². The van der Waals surface area contributed by atoms with Gasteiger partial charge in [-0.2, -0.15) is 0 Å². The lowest BCUT2D eigenvalue weighted by molar-refractivity contribution is 0.942. The Morgan fingerprint density at radius 1 is 0.700 bits per heavy atom. The highest BCUT2D eigenvalue weighted by atomic mass is 14.7. The van der Waals surface area contributed by atoms with Crippen molar-refractivity contribution in [3.05, 3.63) is 72.1 Å². The molecule has 4 aromatic rings. The zero-order chi connectivity index (χ0) is 13.5. The SMILES string of the molecule is CC(c1c[nH]c2ccccc12)c1c[nH]c2ccccc12. The van der Waals surface area contributed by atoms with Gasteiger partial charge < -0.3 is 9.97 Å². The average molecular weight is 260 g/mol. The van der Waals surface area contributed by atoms with E-state index in [0.717, 1.165) is 0 Å². The Hall–Kier alpha value is -2.48. The average Bonchev–Trinajstić information content (AvgIpc) is 3.11. The summed E-state index contributed by atoms with van der Waals surface area (Å²) < 4.78 is 0. The molecule has 0 aliphatic rings. The summed E-state index contributed by atoms with van der Waals surface area (Å²) in [4.78, 5) is 6.74. The van der Waals surface area contributed by atoms with E-state index < -0.39 is 0 Å². The monoisotopic (exact) mass is 260 g/mol. The standard InChI is InChI=1S/C18H16N2/c1-12(15-10-19-17-8-4-2-6-13(15)17)16-11-20-18-9-5-3-7-14(16)18/h2-12,19-20H,1H3. The maximum atomic E-state index is 3.37. The number of para-hydroxylation sites is 2. The van der Waals surface area contributed by atoms with E-state index in [-0.39, 0.29) is 0 Å². The molecule has 4 rings (SSSR count). The maximum absolute atomic E-state index is 3.37. The van der Waals surface area contributed by atoms with Crippen LogP contribution in [0.5, 0.6) is 0 Å². The quantitative estimate of drug-likeness (QED) is 0.519. The van der Waals surface area contributed by atoms with E-state index in [9.17, 15) is 0 Å². The van der Waals surface area contributed by atoms with Gasteiger partial charge in [0.2, 0.25) is 0 Å². The first-order valence-electron chi connectivity index (χ1n) is 6.96. The van der Waals surface area contributed by atoms with Crippen molar-refractivity contribution in [1.29, 1.82) is 0 Å². The lowest BCUT2D eigenvalue weighted by Crippen LogP contribution is -1.93. The first-order chi connectivity index (χ1) is 9.84. The summed E-state index contributed by atoms with van der Waals surface area (Å²) >= 11 is 0. The fourth-order valence-electron chi connectivity index (χ4n) is 3.07. The number of aromatic amines is 2. The fraction of sp³-hybridized carbons (Fsp3) is 0.111. The molecular formula is C18H16N2. The highest BCUT2D eigenvalue weighted by Gasteiger charge is 2.16. The van der Waals surface area contributed by atoms with E-state index in [4.69, 9.17) is 0 Å². The molecule has 0 saturated carbocycles. The van der Waals surface area contributed by atoms with Crippen LogP contribution in [0.4, 0.5) is 0 Å². The Morgan fingerprint density at radius 2 is 1.15 bits per heavy atom. The summed E-state index contributed by atoms with van der Waals surface area (Å²) in [6, 6.07) is 17.0. The Kier molecular flexibility index (Phi) is 2.43. The van der Waals surface area contributed by atoms with Crippen LogP contribution in [0.1, 0.15) is 24.0 Å². The smallest absolute Gasteiger partial charge is 0.0457 e. The minimum absolute atomic E-state index is 0.363. The third-order valence-electron chi connectivity index (χ3n) is 4.18. The van der Waals surface area contributed by atoms with Gasteiger partial charge in [-0.25, -0.2) is 0 Å². The molecule has 0 unspecified atom stereocenters. The van der Waals surface area contributed by atoms with E-state index in [0.29, 0.717) is 5.92 Å². The summed E-state index contributed by atoms with van der Waals surface area (Å²) in [7, 11) is 0. The summed E-state index contributed by atoms with van der Waals surface area (Å²) in [6.45, 7) is 2.27. The lowest BCUT2D eigenvalue weighted by Gasteiger charge is -2.10. The first-order valence-corrected chi connectivity index (χ1v) is 6.96. The number of hydrogen-bond acceptors (Lipinski definition) is 0. The van der Waals surface area contributed by atoms with E-state index in [1.807, 2.05) is 0 Å². The molecule has 2 aromatic heterocycles. The topological polar surface area (TPSA) is 31.6 Å². The number of benzene rings is 2. The van der Waals surface area contributed by atoms with Gasteiger partial charge in [-0.15, -0.1) is 0 Å². The molecule has 2 aromatic carbocycles. The van der Waals surface area contributed by atoms with Crippen LogP contribution in [-0.2, 0) is 0 Å². The molecule has 20 heavy (non-hydrogen) atoms. The highest BCUT2D eigenvalue weighted by Crippen LogP contribution is 2.34. The second-order valence-corrected chi connectivity index (χ2v) is 5.30. The molecule has 0 bridgehead atoms. The molecule has 0 atom stereocenters. The van der Waals surface area contributed by atoms with Crippen molar-refractivity contribution in [2.75, 3.05) is 0 Å². The summed E-state index contributed by atoms with van der Waals surface area (Å²) in [5.74, 6) is 0.363. The van der Waals surface area contributed by atoms with Gasteiger partial charge >= 0.3 is 0 Å². The molecule has 0 radical (unpaired) electrons. The predicted molar refractivity (Wildman–Crippen MR) is 84.1 cm³/mol.